The van der Waals surface area contributed by atoms with Gasteiger partial charge in [-0.25, -0.2) is 9.18 Å². The summed E-state index contributed by atoms with van der Waals surface area (Å²) >= 11 is 0. The summed E-state index contributed by atoms with van der Waals surface area (Å²) in [4.78, 5) is 25.4. The van der Waals surface area contributed by atoms with Crippen molar-refractivity contribution in [3.63, 3.8) is 0 Å². The summed E-state index contributed by atoms with van der Waals surface area (Å²) in [5.74, 6) is 5.74. The number of nitrogens with zero attached hydrogens (tertiary/aromatic N) is 1. The molecule has 0 aliphatic rings. The van der Waals surface area contributed by atoms with Crippen LogP contribution in [0.3, 0.4) is 0 Å². The number of ether oxygens (including phenoxy) is 2. The minimum Gasteiger partial charge on any atom is -0.482 e. The van der Waals surface area contributed by atoms with Crippen LogP contribution in [0.5, 0.6) is 5.75 Å². The van der Waals surface area contributed by atoms with Gasteiger partial charge in [-0.3, -0.25) is 4.79 Å². The molecule has 0 radical (unpaired) electrons. The number of hydrogen-bond acceptors (Lipinski definition) is 4. The van der Waals surface area contributed by atoms with Crippen molar-refractivity contribution in [3.05, 3.63) is 59.9 Å². The summed E-state index contributed by atoms with van der Waals surface area (Å²) in [6.45, 7) is 4.13. The number of carbonyl (C=O) groups is 2. The van der Waals surface area contributed by atoms with Gasteiger partial charge in [0.1, 0.15) is 11.6 Å². The Hall–Kier alpha value is -3.33. The van der Waals surface area contributed by atoms with Crippen LogP contribution in [0.25, 0.3) is 0 Å². The molecule has 0 fully saturated rings. The summed E-state index contributed by atoms with van der Waals surface area (Å²) < 4.78 is 23.4. The van der Waals surface area contributed by atoms with Crippen molar-refractivity contribution in [1.82, 2.24) is 0 Å². The van der Waals surface area contributed by atoms with Crippen LogP contribution in [0.2, 0.25) is 0 Å². The molecular weight excluding hydrogens is 385 g/mol. The number of esters is 1. The van der Waals surface area contributed by atoms with Crippen LogP contribution in [-0.4, -0.2) is 31.6 Å². The first-order chi connectivity index (χ1) is 14.5. The number of anilines is 1. The van der Waals surface area contributed by atoms with Gasteiger partial charge >= 0.3 is 5.97 Å². The number of rotatable bonds is 9. The fourth-order valence-corrected chi connectivity index (χ4v) is 2.61. The van der Waals surface area contributed by atoms with Crippen molar-refractivity contribution in [3.8, 4) is 17.6 Å². The Labute approximate surface area is 176 Å². The molecule has 0 aromatic heterocycles. The van der Waals surface area contributed by atoms with E-state index in [4.69, 9.17) is 9.47 Å². The molecule has 0 unspecified atom stereocenters. The second-order valence-electron chi connectivity index (χ2n) is 6.48. The fraction of sp³-hybridized carbons (Fsp3) is 0.333. The molecule has 0 aliphatic heterocycles. The van der Waals surface area contributed by atoms with Crippen LogP contribution in [-0.2, 0) is 14.3 Å². The lowest BCUT2D eigenvalue weighted by atomic mass is 10.2. The zero-order valence-corrected chi connectivity index (χ0v) is 17.3. The third-order valence-electron chi connectivity index (χ3n) is 4.17. The summed E-state index contributed by atoms with van der Waals surface area (Å²) in [5, 5.41) is 0. The highest BCUT2D eigenvalue weighted by Gasteiger charge is 2.14. The van der Waals surface area contributed by atoms with Gasteiger partial charge in [0.15, 0.2) is 6.61 Å². The zero-order valence-electron chi connectivity index (χ0n) is 17.3. The molecular formula is C24H26FNO4. The second-order valence-corrected chi connectivity index (χ2v) is 6.48. The van der Waals surface area contributed by atoms with Crippen LogP contribution in [0.15, 0.2) is 48.5 Å². The van der Waals surface area contributed by atoms with Crippen molar-refractivity contribution in [1.29, 1.82) is 0 Å². The number of benzene rings is 2. The van der Waals surface area contributed by atoms with Gasteiger partial charge in [0.05, 0.1) is 13.2 Å². The molecule has 6 heteroatoms. The molecule has 0 saturated heterocycles. The van der Waals surface area contributed by atoms with Crippen LogP contribution in [0, 0.1) is 17.7 Å². The first kappa shape index (κ1) is 23.0. The summed E-state index contributed by atoms with van der Waals surface area (Å²) in [7, 11) is 0. The quantitative estimate of drug-likeness (QED) is 0.455. The van der Waals surface area contributed by atoms with E-state index in [0.29, 0.717) is 24.5 Å². The summed E-state index contributed by atoms with van der Waals surface area (Å²) in [6.07, 6.45) is 2.12. The van der Waals surface area contributed by atoms with E-state index in [0.717, 1.165) is 18.4 Å². The minimum atomic E-state index is -0.421. The lowest BCUT2D eigenvalue weighted by molar-refractivity contribution is -0.145. The number of halogens is 1. The third-order valence-corrected chi connectivity index (χ3v) is 4.17. The zero-order chi connectivity index (χ0) is 21.8. The molecule has 0 bridgehead atoms. The normalized spacial score (nSPS) is 9.97. The highest BCUT2D eigenvalue weighted by molar-refractivity contribution is 5.93. The van der Waals surface area contributed by atoms with Crippen molar-refractivity contribution in [2.75, 3.05) is 24.7 Å². The maximum atomic E-state index is 13.2. The van der Waals surface area contributed by atoms with Gasteiger partial charge in [-0.2, -0.15) is 0 Å². The minimum absolute atomic E-state index is 0.0412. The third kappa shape index (κ3) is 7.59. The van der Waals surface area contributed by atoms with E-state index in [2.05, 4.69) is 11.8 Å². The predicted molar refractivity (Wildman–Crippen MR) is 114 cm³/mol. The van der Waals surface area contributed by atoms with Gasteiger partial charge in [0.25, 0.3) is 0 Å². The fourth-order valence-electron chi connectivity index (χ4n) is 2.61. The Bertz CT molecular complexity index is 882. The Kier molecular flexibility index (Phi) is 9.39. The number of hydrogen-bond donors (Lipinski definition) is 0. The highest BCUT2D eigenvalue weighted by atomic mass is 19.1. The predicted octanol–water partition coefficient (Wildman–Crippen LogP) is 4.34. The monoisotopic (exact) mass is 411 g/mol. The second kappa shape index (κ2) is 12.3. The molecule has 0 saturated carbocycles. The summed E-state index contributed by atoms with van der Waals surface area (Å²) in [6, 6.07) is 12.8. The Balaban J connectivity index is 2.02. The average Bonchev–Trinajstić information content (AvgIpc) is 2.75. The first-order valence-electron chi connectivity index (χ1n) is 9.96. The first-order valence-corrected chi connectivity index (χ1v) is 9.96. The standard InChI is InChI=1S/C24H26FNO4/c1-3-5-8-23(27)26(21-13-11-20(25)12-14-21)17-6-7-19-9-15-22(16-10-19)30-18-24(28)29-4-2/h9-16H,3-5,8,17-18H2,1-2H3. The number of unbranched alkanes of at least 4 members (excludes halogenated alkanes) is 1. The molecule has 0 aliphatic carbocycles. The highest BCUT2D eigenvalue weighted by Crippen LogP contribution is 2.17. The lowest BCUT2D eigenvalue weighted by Gasteiger charge is -2.20. The topological polar surface area (TPSA) is 55.8 Å². The molecule has 2 aromatic rings. The Morgan fingerprint density at radius 3 is 2.37 bits per heavy atom. The van der Waals surface area contributed by atoms with E-state index in [1.165, 1.54) is 12.1 Å². The molecule has 0 heterocycles. The van der Waals surface area contributed by atoms with Gasteiger partial charge in [0, 0.05) is 17.7 Å². The molecule has 0 atom stereocenters. The van der Waals surface area contributed by atoms with Crippen molar-refractivity contribution < 1.29 is 23.5 Å². The molecule has 30 heavy (non-hydrogen) atoms. The van der Waals surface area contributed by atoms with Crippen LogP contribution in [0.4, 0.5) is 10.1 Å². The smallest absolute Gasteiger partial charge is 0.344 e. The van der Waals surface area contributed by atoms with E-state index in [1.54, 1.807) is 48.2 Å². The van der Waals surface area contributed by atoms with Gasteiger partial charge in [-0.1, -0.05) is 25.2 Å². The lowest BCUT2D eigenvalue weighted by Crippen LogP contribution is -2.31. The maximum absolute atomic E-state index is 13.2. The number of carbonyl (C=O) groups excluding carboxylic acids is 2. The summed E-state index contributed by atoms with van der Waals surface area (Å²) in [5.41, 5.74) is 1.37. The Morgan fingerprint density at radius 1 is 1.03 bits per heavy atom. The van der Waals surface area contributed by atoms with Gasteiger partial charge in [-0.15, -0.1) is 0 Å². The molecule has 0 N–H and O–H groups in total. The van der Waals surface area contributed by atoms with Crippen molar-refractivity contribution in [2.45, 2.75) is 33.1 Å². The molecule has 158 valence electrons. The van der Waals surface area contributed by atoms with Crippen molar-refractivity contribution in [2.24, 2.45) is 0 Å². The van der Waals surface area contributed by atoms with Gasteiger partial charge in [-0.05, 0) is 61.9 Å². The van der Waals surface area contributed by atoms with Crippen LogP contribution in [0.1, 0.15) is 38.7 Å². The molecule has 0 spiro atoms. The molecule has 1 amide bonds. The number of amides is 1. The molecule has 2 aromatic carbocycles. The van der Waals surface area contributed by atoms with E-state index >= 15 is 0 Å². The van der Waals surface area contributed by atoms with Crippen LogP contribution >= 0.6 is 0 Å². The average molecular weight is 411 g/mol. The Morgan fingerprint density at radius 2 is 1.73 bits per heavy atom. The van der Waals surface area contributed by atoms with Crippen LogP contribution < -0.4 is 9.64 Å². The maximum Gasteiger partial charge on any atom is 0.344 e. The van der Waals surface area contributed by atoms with E-state index in [-0.39, 0.29) is 24.9 Å². The van der Waals surface area contributed by atoms with Crippen molar-refractivity contribution >= 4 is 17.6 Å². The van der Waals surface area contributed by atoms with E-state index < -0.39 is 5.97 Å². The van der Waals surface area contributed by atoms with Gasteiger partial charge < -0.3 is 14.4 Å². The SMILES string of the molecule is CCCCC(=O)N(CC#Cc1ccc(OCC(=O)OCC)cc1)c1ccc(F)cc1. The van der Waals surface area contributed by atoms with E-state index in [9.17, 15) is 14.0 Å². The molecule has 5 nitrogen and oxygen atoms in total. The molecule has 2 rings (SSSR count). The van der Waals surface area contributed by atoms with Gasteiger partial charge in [0.2, 0.25) is 5.91 Å². The largest absolute Gasteiger partial charge is 0.482 e. The van der Waals surface area contributed by atoms with E-state index in [1.807, 2.05) is 6.92 Å².